The molecule has 3 N–H and O–H groups in total. The number of aliphatic hydroxyl groups excluding tert-OH is 1. The average molecular weight is 211 g/mol. The van der Waals surface area contributed by atoms with Crippen LogP contribution in [0, 0.1) is 0 Å². The van der Waals surface area contributed by atoms with Crippen molar-refractivity contribution in [3.63, 3.8) is 0 Å². The highest BCUT2D eigenvalue weighted by Crippen LogP contribution is 2.34. The monoisotopic (exact) mass is 211 g/mol. The summed E-state index contributed by atoms with van der Waals surface area (Å²) in [5.41, 5.74) is 6.56. The van der Waals surface area contributed by atoms with Crippen molar-refractivity contribution >= 4 is 39.1 Å². The molecule has 0 saturated carbocycles. The van der Waals surface area contributed by atoms with Gasteiger partial charge in [-0.2, -0.15) is 0 Å². The first-order valence-corrected chi connectivity index (χ1v) is 5.09. The predicted molar refractivity (Wildman–Crippen MR) is 59.4 cm³/mol. The molecule has 0 aliphatic heterocycles. The molecule has 1 aromatic heterocycles. The molecule has 1 heterocycles. The molecule has 0 unspecified atom stereocenters. The predicted octanol–water partition coefficient (Wildman–Crippen LogP) is 2.26. The van der Waals surface area contributed by atoms with Crippen molar-refractivity contribution in [3.05, 3.63) is 23.8 Å². The second-order valence-electron chi connectivity index (χ2n) is 2.78. The number of benzene rings is 1. The molecule has 1 aromatic carbocycles. The van der Waals surface area contributed by atoms with E-state index in [1.807, 2.05) is 18.2 Å². The Morgan fingerprint density at radius 2 is 2.23 bits per heavy atom. The number of rotatable bonds is 1. The van der Waals surface area contributed by atoms with E-state index in [-0.39, 0.29) is 6.61 Å². The first-order chi connectivity index (χ1) is 6.22. The van der Waals surface area contributed by atoms with Gasteiger partial charge in [0, 0.05) is 20.5 Å². The second kappa shape index (κ2) is 3.21. The van der Waals surface area contributed by atoms with Gasteiger partial charge in [-0.25, -0.2) is 0 Å². The lowest BCUT2D eigenvalue weighted by Gasteiger charge is -1.95. The van der Waals surface area contributed by atoms with Crippen LogP contribution in [0.5, 0.6) is 0 Å². The van der Waals surface area contributed by atoms with Gasteiger partial charge in [-0.05, 0) is 18.2 Å². The van der Waals surface area contributed by atoms with Gasteiger partial charge in [-0.3, -0.25) is 0 Å². The molecule has 0 saturated heterocycles. The molecular weight excluding hydrogens is 202 g/mol. The number of aliphatic hydroxyl groups is 1. The summed E-state index contributed by atoms with van der Waals surface area (Å²) in [5, 5.41) is 10.8. The largest absolute Gasteiger partial charge is 0.392 e. The summed E-state index contributed by atoms with van der Waals surface area (Å²) in [7, 11) is 0. The zero-order valence-electron chi connectivity index (χ0n) is 6.82. The third-order valence-electron chi connectivity index (χ3n) is 1.96. The van der Waals surface area contributed by atoms with E-state index in [1.54, 1.807) is 0 Å². The van der Waals surface area contributed by atoms with Gasteiger partial charge in [0.25, 0.3) is 0 Å². The number of thiophene rings is 1. The molecule has 13 heavy (non-hydrogen) atoms. The van der Waals surface area contributed by atoms with E-state index in [9.17, 15) is 0 Å². The smallest absolute Gasteiger partial charge is 0.0924 e. The van der Waals surface area contributed by atoms with Crippen molar-refractivity contribution in [2.45, 2.75) is 11.5 Å². The summed E-state index contributed by atoms with van der Waals surface area (Å²) >= 11 is 5.73. The number of fused-ring (bicyclic) bond motifs is 1. The number of anilines is 1. The van der Waals surface area contributed by atoms with E-state index < -0.39 is 0 Å². The van der Waals surface area contributed by atoms with Crippen LogP contribution >= 0.6 is 24.0 Å². The standard InChI is InChI=1S/C9H9NOS2/c10-9-7(4-11)6-3-5(12)1-2-8(6)13-9/h1-3,11-12H,4,10H2. The molecule has 0 radical (unpaired) electrons. The van der Waals surface area contributed by atoms with E-state index in [0.717, 1.165) is 20.5 Å². The summed E-state index contributed by atoms with van der Waals surface area (Å²) in [5.74, 6) is 0. The van der Waals surface area contributed by atoms with Gasteiger partial charge in [0.1, 0.15) is 0 Å². The Bertz CT molecular complexity index is 450. The highest BCUT2D eigenvalue weighted by Gasteiger charge is 2.08. The van der Waals surface area contributed by atoms with Crippen molar-refractivity contribution in [2.75, 3.05) is 5.73 Å². The van der Waals surface area contributed by atoms with Gasteiger partial charge < -0.3 is 10.8 Å². The lowest BCUT2D eigenvalue weighted by Crippen LogP contribution is -1.87. The highest BCUT2D eigenvalue weighted by atomic mass is 32.1. The Morgan fingerprint density at radius 3 is 2.92 bits per heavy atom. The molecule has 0 aliphatic rings. The summed E-state index contributed by atoms with van der Waals surface area (Å²) in [6.45, 7) is -0.0108. The molecule has 0 fully saturated rings. The van der Waals surface area contributed by atoms with E-state index in [1.165, 1.54) is 11.3 Å². The van der Waals surface area contributed by atoms with Gasteiger partial charge in [-0.1, -0.05) is 0 Å². The van der Waals surface area contributed by atoms with Crippen LogP contribution in [0.3, 0.4) is 0 Å². The number of thiol groups is 1. The maximum atomic E-state index is 9.10. The third-order valence-corrected chi connectivity index (χ3v) is 3.28. The van der Waals surface area contributed by atoms with Crippen LogP contribution in [0.1, 0.15) is 5.56 Å². The SMILES string of the molecule is Nc1sc2ccc(S)cc2c1CO. The highest BCUT2D eigenvalue weighted by molar-refractivity contribution is 7.80. The molecule has 2 nitrogen and oxygen atoms in total. The van der Waals surface area contributed by atoms with Crippen LogP contribution < -0.4 is 5.73 Å². The van der Waals surface area contributed by atoms with Crippen LogP contribution in [0.4, 0.5) is 5.00 Å². The topological polar surface area (TPSA) is 46.2 Å². The average Bonchev–Trinajstić information content (AvgIpc) is 2.40. The molecule has 0 bridgehead atoms. The Morgan fingerprint density at radius 1 is 1.46 bits per heavy atom. The number of hydrogen-bond donors (Lipinski definition) is 3. The van der Waals surface area contributed by atoms with Crippen molar-refractivity contribution in [1.29, 1.82) is 0 Å². The third kappa shape index (κ3) is 1.41. The number of hydrogen-bond acceptors (Lipinski definition) is 4. The fraction of sp³-hybridized carbons (Fsp3) is 0.111. The molecule has 2 rings (SSSR count). The van der Waals surface area contributed by atoms with Gasteiger partial charge in [0.05, 0.1) is 11.6 Å². The summed E-state index contributed by atoms with van der Waals surface area (Å²) < 4.78 is 1.10. The minimum absolute atomic E-state index is 0.0108. The van der Waals surface area contributed by atoms with Crippen molar-refractivity contribution < 1.29 is 5.11 Å². The lowest BCUT2D eigenvalue weighted by atomic mass is 10.2. The molecule has 68 valence electrons. The first kappa shape index (κ1) is 8.87. The fourth-order valence-electron chi connectivity index (χ4n) is 1.32. The van der Waals surface area contributed by atoms with Gasteiger partial charge >= 0.3 is 0 Å². The number of nitrogen functional groups attached to an aromatic ring is 1. The van der Waals surface area contributed by atoms with E-state index >= 15 is 0 Å². The van der Waals surface area contributed by atoms with Gasteiger partial charge in [0.2, 0.25) is 0 Å². The van der Waals surface area contributed by atoms with E-state index in [0.29, 0.717) is 5.00 Å². The summed E-state index contributed by atoms with van der Waals surface area (Å²) in [6.07, 6.45) is 0. The van der Waals surface area contributed by atoms with Gasteiger partial charge in [-0.15, -0.1) is 24.0 Å². The quantitative estimate of drug-likeness (QED) is 0.634. The zero-order valence-corrected chi connectivity index (χ0v) is 8.53. The maximum absolute atomic E-state index is 9.10. The zero-order chi connectivity index (χ0) is 9.42. The fourth-order valence-corrected chi connectivity index (χ4v) is 2.49. The number of nitrogens with two attached hydrogens (primary N) is 1. The van der Waals surface area contributed by atoms with Gasteiger partial charge in [0.15, 0.2) is 0 Å². The van der Waals surface area contributed by atoms with Crippen LogP contribution in [0.15, 0.2) is 23.1 Å². The molecule has 0 atom stereocenters. The lowest BCUT2D eigenvalue weighted by molar-refractivity contribution is 0.284. The van der Waals surface area contributed by atoms with Crippen molar-refractivity contribution in [1.82, 2.24) is 0 Å². The summed E-state index contributed by atoms with van der Waals surface area (Å²) in [6, 6.07) is 5.82. The summed E-state index contributed by atoms with van der Waals surface area (Å²) in [4.78, 5) is 0.889. The first-order valence-electron chi connectivity index (χ1n) is 3.83. The van der Waals surface area contributed by atoms with E-state index in [4.69, 9.17) is 10.8 Å². The maximum Gasteiger partial charge on any atom is 0.0924 e. The molecule has 0 aliphatic carbocycles. The molecular formula is C9H9NOS2. The molecule has 0 spiro atoms. The molecule has 2 aromatic rings. The minimum atomic E-state index is -0.0108. The van der Waals surface area contributed by atoms with Crippen LogP contribution in [-0.4, -0.2) is 5.11 Å². The van der Waals surface area contributed by atoms with Crippen LogP contribution in [0.25, 0.3) is 10.1 Å². The van der Waals surface area contributed by atoms with Crippen molar-refractivity contribution in [3.8, 4) is 0 Å². The van der Waals surface area contributed by atoms with E-state index in [2.05, 4.69) is 12.6 Å². The normalized spacial score (nSPS) is 10.9. The van der Waals surface area contributed by atoms with Crippen molar-refractivity contribution in [2.24, 2.45) is 0 Å². The minimum Gasteiger partial charge on any atom is -0.392 e. The van der Waals surface area contributed by atoms with Crippen LogP contribution in [-0.2, 0) is 6.61 Å². The molecule has 0 amide bonds. The van der Waals surface area contributed by atoms with Crippen LogP contribution in [0.2, 0.25) is 0 Å². The Hall–Kier alpha value is -0.710. The second-order valence-corrected chi connectivity index (χ2v) is 4.38. The Labute approximate surface area is 85.4 Å². The Balaban J connectivity index is 2.80. The Kier molecular flexibility index (Phi) is 2.19. The molecule has 4 heteroatoms.